The van der Waals surface area contributed by atoms with Gasteiger partial charge in [0.15, 0.2) is 0 Å². The van der Waals surface area contributed by atoms with Crippen LogP contribution in [0, 0.1) is 11.8 Å². The molecule has 1 heterocycles. The van der Waals surface area contributed by atoms with E-state index in [9.17, 15) is 0 Å². The molecule has 0 amide bonds. The maximum atomic E-state index is 3.63. The Morgan fingerprint density at radius 3 is 2.29 bits per heavy atom. The van der Waals surface area contributed by atoms with Gasteiger partial charge in [-0.3, -0.25) is 0 Å². The molecule has 1 heteroatoms. The lowest BCUT2D eigenvalue weighted by atomic mass is 9.72. The Morgan fingerprint density at radius 2 is 1.64 bits per heavy atom. The van der Waals surface area contributed by atoms with Gasteiger partial charge >= 0.3 is 0 Å². The second-order valence-electron chi connectivity index (χ2n) is 5.96. The average Bonchev–Trinajstić information content (AvgIpc) is 2.18. The third-order valence-electron chi connectivity index (χ3n) is 4.21. The summed E-state index contributed by atoms with van der Waals surface area (Å²) in [5.41, 5.74) is 0.403. The predicted molar refractivity (Wildman–Crippen MR) is 61.4 cm³/mol. The molecular formula is C13H25N. The molecule has 82 valence electrons. The third-order valence-corrected chi connectivity index (χ3v) is 4.21. The van der Waals surface area contributed by atoms with Gasteiger partial charge in [0.05, 0.1) is 0 Å². The first kappa shape index (κ1) is 10.5. The van der Waals surface area contributed by atoms with Gasteiger partial charge in [-0.15, -0.1) is 0 Å². The van der Waals surface area contributed by atoms with Crippen molar-refractivity contribution in [2.24, 2.45) is 11.8 Å². The normalized spacial score (nSPS) is 34.3. The Bertz CT molecular complexity index is 180. The molecule has 1 unspecified atom stereocenters. The zero-order valence-electron chi connectivity index (χ0n) is 9.81. The van der Waals surface area contributed by atoms with E-state index in [-0.39, 0.29) is 0 Å². The van der Waals surface area contributed by atoms with E-state index < -0.39 is 0 Å². The minimum Gasteiger partial charge on any atom is -0.312 e. The lowest BCUT2D eigenvalue weighted by Crippen LogP contribution is -2.47. The molecule has 14 heavy (non-hydrogen) atoms. The fourth-order valence-corrected chi connectivity index (χ4v) is 3.43. The maximum Gasteiger partial charge on any atom is 0.0127 e. The van der Waals surface area contributed by atoms with E-state index in [4.69, 9.17) is 0 Å². The van der Waals surface area contributed by atoms with Crippen LogP contribution in [0.5, 0.6) is 0 Å². The van der Waals surface area contributed by atoms with Crippen LogP contribution in [0.2, 0.25) is 0 Å². The summed E-state index contributed by atoms with van der Waals surface area (Å²) in [6.07, 6.45) is 10.3. The van der Waals surface area contributed by atoms with Crippen LogP contribution >= 0.6 is 0 Å². The molecule has 1 nitrogen and oxygen atoms in total. The molecular weight excluding hydrogens is 170 g/mol. The first-order valence-corrected chi connectivity index (χ1v) is 6.42. The van der Waals surface area contributed by atoms with Crippen molar-refractivity contribution < 1.29 is 0 Å². The van der Waals surface area contributed by atoms with Crippen molar-refractivity contribution in [3.63, 3.8) is 0 Å². The Balaban J connectivity index is 1.89. The van der Waals surface area contributed by atoms with Gasteiger partial charge in [0.2, 0.25) is 0 Å². The summed E-state index contributed by atoms with van der Waals surface area (Å²) >= 11 is 0. The molecule has 2 aliphatic rings. The summed E-state index contributed by atoms with van der Waals surface area (Å²) in [6, 6.07) is 0. The summed E-state index contributed by atoms with van der Waals surface area (Å²) in [4.78, 5) is 0. The number of hydrogen-bond acceptors (Lipinski definition) is 1. The van der Waals surface area contributed by atoms with Gasteiger partial charge in [-0.2, -0.15) is 0 Å². The largest absolute Gasteiger partial charge is 0.312 e. The van der Waals surface area contributed by atoms with Crippen LogP contribution in [0.1, 0.15) is 58.8 Å². The highest BCUT2D eigenvalue weighted by molar-refractivity contribution is 4.89. The fraction of sp³-hybridized carbons (Fsp3) is 1.00. The van der Waals surface area contributed by atoms with Gasteiger partial charge in [-0.05, 0) is 45.1 Å². The molecule has 0 aromatic carbocycles. The van der Waals surface area contributed by atoms with Crippen molar-refractivity contribution in [3.05, 3.63) is 0 Å². The van der Waals surface area contributed by atoms with Crippen LogP contribution in [0.3, 0.4) is 0 Å². The van der Waals surface area contributed by atoms with Gasteiger partial charge in [-0.1, -0.05) is 32.1 Å². The Morgan fingerprint density at radius 1 is 0.929 bits per heavy atom. The van der Waals surface area contributed by atoms with Crippen LogP contribution in [-0.4, -0.2) is 12.1 Å². The number of hydrogen-bond donors (Lipinski definition) is 1. The molecule has 0 aromatic rings. The molecule has 1 saturated carbocycles. The van der Waals surface area contributed by atoms with Gasteiger partial charge in [0.25, 0.3) is 0 Å². The third kappa shape index (κ3) is 2.50. The monoisotopic (exact) mass is 195 g/mol. The summed E-state index contributed by atoms with van der Waals surface area (Å²) < 4.78 is 0. The van der Waals surface area contributed by atoms with Crippen molar-refractivity contribution in [2.45, 2.75) is 64.3 Å². The predicted octanol–water partition coefficient (Wildman–Crippen LogP) is 3.34. The molecule has 1 atom stereocenters. The van der Waals surface area contributed by atoms with Crippen molar-refractivity contribution in [1.82, 2.24) is 5.32 Å². The zero-order valence-corrected chi connectivity index (χ0v) is 9.81. The van der Waals surface area contributed by atoms with Crippen LogP contribution in [0.4, 0.5) is 0 Å². The van der Waals surface area contributed by atoms with Gasteiger partial charge in [0, 0.05) is 5.54 Å². The van der Waals surface area contributed by atoms with E-state index in [1.54, 1.807) is 0 Å². The minimum absolute atomic E-state index is 0.403. The Hall–Kier alpha value is -0.0400. The zero-order chi connectivity index (χ0) is 10.0. The van der Waals surface area contributed by atoms with Crippen molar-refractivity contribution in [1.29, 1.82) is 0 Å². The number of nitrogens with one attached hydrogen (secondary N) is 1. The van der Waals surface area contributed by atoms with E-state index in [1.165, 1.54) is 51.5 Å². The quantitative estimate of drug-likeness (QED) is 0.676. The summed E-state index contributed by atoms with van der Waals surface area (Å²) in [6.45, 7) is 5.97. The molecule has 0 spiro atoms. The summed E-state index contributed by atoms with van der Waals surface area (Å²) in [7, 11) is 0. The molecule has 0 aromatic heterocycles. The van der Waals surface area contributed by atoms with Crippen LogP contribution in [0.15, 0.2) is 0 Å². The van der Waals surface area contributed by atoms with Crippen LogP contribution in [-0.2, 0) is 0 Å². The van der Waals surface area contributed by atoms with Gasteiger partial charge in [-0.25, -0.2) is 0 Å². The molecule has 2 rings (SSSR count). The topological polar surface area (TPSA) is 12.0 Å². The lowest BCUT2D eigenvalue weighted by Gasteiger charge is -2.41. The van der Waals surface area contributed by atoms with Crippen LogP contribution < -0.4 is 5.32 Å². The second kappa shape index (κ2) is 4.22. The Kier molecular flexibility index (Phi) is 3.16. The Labute approximate surface area is 88.7 Å². The first-order chi connectivity index (χ1) is 6.67. The highest BCUT2D eigenvalue weighted by Gasteiger charge is 2.32. The summed E-state index contributed by atoms with van der Waals surface area (Å²) in [5.74, 6) is 2.08. The van der Waals surface area contributed by atoms with Crippen LogP contribution in [0.25, 0.3) is 0 Å². The fourth-order valence-electron chi connectivity index (χ4n) is 3.43. The van der Waals surface area contributed by atoms with E-state index in [0.717, 1.165) is 11.8 Å². The van der Waals surface area contributed by atoms with E-state index in [1.807, 2.05) is 0 Å². The van der Waals surface area contributed by atoms with E-state index in [0.29, 0.717) is 5.54 Å². The average molecular weight is 195 g/mol. The van der Waals surface area contributed by atoms with E-state index >= 15 is 0 Å². The first-order valence-electron chi connectivity index (χ1n) is 6.42. The number of rotatable bonds is 1. The highest BCUT2D eigenvalue weighted by Crippen LogP contribution is 2.37. The molecule has 1 aliphatic carbocycles. The molecule has 2 fully saturated rings. The number of piperidine rings is 1. The van der Waals surface area contributed by atoms with Crippen molar-refractivity contribution in [3.8, 4) is 0 Å². The smallest absolute Gasteiger partial charge is 0.0127 e. The summed E-state index contributed by atoms with van der Waals surface area (Å²) in [5, 5.41) is 3.63. The van der Waals surface area contributed by atoms with Crippen molar-refractivity contribution in [2.75, 3.05) is 6.54 Å². The maximum absolute atomic E-state index is 3.63. The second-order valence-corrected chi connectivity index (χ2v) is 5.96. The minimum atomic E-state index is 0.403. The highest BCUT2D eigenvalue weighted by atomic mass is 15.0. The lowest BCUT2D eigenvalue weighted by molar-refractivity contribution is 0.144. The van der Waals surface area contributed by atoms with Gasteiger partial charge in [0.1, 0.15) is 0 Å². The van der Waals surface area contributed by atoms with Gasteiger partial charge < -0.3 is 5.32 Å². The molecule has 1 aliphatic heterocycles. The molecule has 0 radical (unpaired) electrons. The molecule has 1 saturated heterocycles. The van der Waals surface area contributed by atoms with Crippen molar-refractivity contribution >= 4 is 0 Å². The standard InChI is InChI=1S/C13H25N/c1-13(2)10-12(8-9-14-13)11-6-4-3-5-7-11/h11-12,14H,3-10H2,1-2H3. The molecule has 0 bridgehead atoms. The molecule has 1 N–H and O–H groups in total. The van der Waals surface area contributed by atoms with E-state index in [2.05, 4.69) is 19.2 Å². The SMILES string of the molecule is CC1(C)CC(C2CCCCC2)CCN1.